The van der Waals surface area contributed by atoms with Gasteiger partial charge in [-0.15, -0.1) is 0 Å². The Bertz CT molecular complexity index is 1360. The Morgan fingerprint density at radius 2 is 1.68 bits per heavy atom. The number of nitrogens with zero attached hydrogens (tertiary/aromatic N) is 2. The van der Waals surface area contributed by atoms with Gasteiger partial charge in [-0.2, -0.15) is 0 Å². The summed E-state index contributed by atoms with van der Waals surface area (Å²) < 4.78 is 22.0. The molecule has 1 fully saturated rings. The molecule has 2 heterocycles. The van der Waals surface area contributed by atoms with Crippen molar-refractivity contribution in [1.29, 1.82) is 0 Å². The van der Waals surface area contributed by atoms with Crippen molar-refractivity contribution < 1.29 is 28.5 Å². The maximum Gasteiger partial charge on any atom is 0.306 e. The number of anilines is 1. The topological polar surface area (TPSA) is 102 Å². The molecule has 1 unspecified atom stereocenters. The molecule has 212 valence electrons. The van der Waals surface area contributed by atoms with Crippen LogP contribution in [-0.2, 0) is 16.1 Å². The molecule has 9 nitrogen and oxygen atoms in total. The predicted octanol–water partition coefficient (Wildman–Crippen LogP) is 4.33. The fourth-order valence-corrected chi connectivity index (χ4v) is 4.66. The van der Waals surface area contributed by atoms with Crippen molar-refractivity contribution in [2.45, 2.75) is 25.8 Å². The van der Waals surface area contributed by atoms with Crippen LogP contribution in [0.4, 0.5) is 5.69 Å². The number of carbonyl (C=O) groups is 1. The van der Waals surface area contributed by atoms with Gasteiger partial charge in [-0.1, -0.05) is 18.7 Å². The number of rotatable bonds is 11. The maximum atomic E-state index is 12.8. The van der Waals surface area contributed by atoms with Crippen molar-refractivity contribution in [2.24, 2.45) is 0 Å². The first-order valence-electron chi connectivity index (χ1n) is 13.2. The fourth-order valence-electron chi connectivity index (χ4n) is 4.66. The molecule has 0 spiro atoms. The second kappa shape index (κ2) is 13.2. The van der Waals surface area contributed by atoms with Crippen LogP contribution < -0.4 is 19.8 Å². The molecule has 1 atom stereocenters. The number of hydrogen-bond acceptors (Lipinski definition) is 9. The van der Waals surface area contributed by atoms with Gasteiger partial charge in [0.25, 0.3) is 0 Å². The lowest BCUT2D eigenvalue weighted by molar-refractivity contribution is -0.140. The first kappa shape index (κ1) is 28.8. The zero-order chi connectivity index (χ0) is 28.6. The molecule has 1 saturated heterocycles. The first-order valence-corrected chi connectivity index (χ1v) is 13.2. The van der Waals surface area contributed by atoms with E-state index in [1.807, 2.05) is 31.2 Å². The van der Waals surface area contributed by atoms with Gasteiger partial charge in [0.05, 0.1) is 33.1 Å². The lowest BCUT2D eigenvalue weighted by Crippen LogP contribution is -2.46. The van der Waals surface area contributed by atoms with E-state index in [9.17, 15) is 14.7 Å². The number of piperazine rings is 1. The van der Waals surface area contributed by atoms with Gasteiger partial charge in [0.2, 0.25) is 11.2 Å². The zero-order valence-electron chi connectivity index (χ0n) is 23.2. The molecule has 3 aromatic rings. The largest absolute Gasteiger partial charge is 0.502 e. The van der Waals surface area contributed by atoms with Crippen LogP contribution in [0.2, 0.25) is 0 Å². The second-order valence-corrected chi connectivity index (χ2v) is 9.90. The van der Waals surface area contributed by atoms with Crippen LogP contribution in [0.1, 0.15) is 36.3 Å². The summed E-state index contributed by atoms with van der Waals surface area (Å²) in [6.45, 7) is 9.65. The van der Waals surface area contributed by atoms with Gasteiger partial charge in [-0.3, -0.25) is 14.5 Å². The van der Waals surface area contributed by atoms with E-state index in [1.54, 1.807) is 31.4 Å². The van der Waals surface area contributed by atoms with Gasteiger partial charge in [-0.05, 0) is 54.5 Å². The highest BCUT2D eigenvalue weighted by Gasteiger charge is 2.27. The van der Waals surface area contributed by atoms with E-state index in [0.717, 1.165) is 43.2 Å². The van der Waals surface area contributed by atoms with Crippen LogP contribution in [0.15, 0.2) is 76.0 Å². The Kier molecular flexibility index (Phi) is 9.50. The van der Waals surface area contributed by atoms with Crippen molar-refractivity contribution in [1.82, 2.24) is 4.90 Å². The molecule has 1 N–H and O–H groups in total. The molecule has 1 aromatic heterocycles. The van der Waals surface area contributed by atoms with E-state index in [2.05, 4.69) is 16.4 Å². The summed E-state index contributed by atoms with van der Waals surface area (Å²) in [5.74, 6) is 0.198. The monoisotopic (exact) mass is 548 g/mol. The number of methoxy groups -OCH3 is 2. The summed E-state index contributed by atoms with van der Waals surface area (Å²) in [6.07, 6.45) is -0.108. The van der Waals surface area contributed by atoms with Gasteiger partial charge in [0, 0.05) is 37.9 Å². The van der Waals surface area contributed by atoms with Crippen molar-refractivity contribution in [3.8, 4) is 17.2 Å². The molecular weight excluding hydrogens is 512 g/mol. The van der Waals surface area contributed by atoms with Crippen molar-refractivity contribution in [3.05, 3.63) is 94.1 Å². The molecule has 1 aliphatic heterocycles. The summed E-state index contributed by atoms with van der Waals surface area (Å²) in [5, 5.41) is 10.7. The standard InChI is InChI=1S/C31H36N2O7/c1-21(2)20-39-25-9-5-22(6-10-25)27(18-29(35)38-4)31-30(36)28(34)17-26(40-31)19-32-13-15-33(16-14-32)23-7-11-24(37-3)12-8-23/h5-12,17,27,36H,1,13-16,18-20H2,2-4H3. The predicted molar refractivity (Wildman–Crippen MR) is 152 cm³/mol. The highest BCUT2D eigenvalue weighted by Crippen LogP contribution is 2.34. The van der Waals surface area contributed by atoms with Crippen LogP contribution in [0.3, 0.4) is 0 Å². The van der Waals surface area contributed by atoms with Crippen molar-refractivity contribution >= 4 is 11.7 Å². The Labute approximate surface area is 234 Å². The molecule has 0 amide bonds. The maximum absolute atomic E-state index is 12.8. The van der Waals surface area contributed by atoms with E-state index in [-0.39, 0.29) is 12.2 Å². The number of esters is 1. The average molecular weight is 549 g/mol. The third kappa shape index (κ3) is 7.24. The van der Waals surface area contributed by atoms with Crippen LogP contribution in [0.5, 0.6) is 17.2 Å². The Hall–Kier alpha value is -4.24. The van der Waals surface area contributed by atoms with Gasteiger partial charge >= 0.3 is 5.97 Å². The Morgan fingerprint density at radius 1 is 1.02 bits per heavy atom. The molecule has 40 heavy (non-hydrogen) atoms. The smallest absolute Gasteiger partial charge is 0.306 e. The summed E-state index contributed by atoms with van der Waals surface area (Å²) in [6, 6.07) is 16.4. The highest BCUT2D eigenvalue weighted by molar-refractivity contribution is 5.71. The Balaban J connectivity index is 1.51. The summed E-state index contributed by atoms with van der Waals surface area (Å²) in [4.78, 5) is 29.6. The average Bonchev–Trinajstić information content (AvgIpc) is 2.97. The molecule has 0 saturated carbocycles. The third-order valence-electron chi connectivity index (χ3n) is 6.87. The molecule has 1 aliphatic rings. The normalized spacial score (nSPS) is 14.4. The minimum atomic E-state index is -0.720. The van der Waals surface area contributed by atoms with Crippen LogP contribution in [0.25, 0.3) is 0 Å². The lowest BCUT2D eigenvalue weighted by atomic mass is 9.92. The minimum Gasteiger partial charge on any atom is -0.502 e. The zero-order valence-corrected chi connectivity index (χ0v) is 23.2. The van der Waals surface area contributed by atoms with Crippen LogP contribution in [-0.4, -0.2) is 63.0 Å². The van der Waals surface area contributed by atoms with Gasteiger partial charge in [0.1, 0.15) is 23.9 Å². The SMILES string of the molecule is C=C(C)COc1ccc(C(CC(=O)OC)c2oc(CN3CCN(c4ccc(OC)cc4)CC3)cc(=O)c2O)cc1. The van der Waals surface area contributed by atoms with Gasteiger partial charge in [-0.25, -0.2) is 0 Å². The number of ether oxygens (including phenoxy) is 3. The number of carbonyl (C=O) groups excluding carboxylic acids is 1. The summed E-state index contributed by atoms with van der Waals surface area (Å²) in [5.41, 5.74) is 2.14. The van der Waals surface area contributed by atoms with Crippen LogP contribution in [0, 0.1) is 0 Å². The molecule has 0 radical (unpaired) electrons. The molecule has 9 heteroatoms. The number of benzene rings is 2. The second-order valence-electron chi connectivity index (χ2n) is 9.90. The van der Waals surface area contributed by atoms with E-state index in [0.29, 0.717) is 30.2 Å². The van der Waals surface area contributed by atoms with Crippen molar-refractivity contribution in [3.63, 3.8) is 0 Å². The first-order chi connectivity index (χ1) is 19.3. The minimum absolute atomic E-state index is 0.0420. The van der Waals surface area contributed by atoms with E-state index in [1.165, 1.54) is 13.2 Å². The quantitative estimate of drug-likeness (QED) is 0.277. The highest BCUT2D eigenvalue weighted by atomic mass is 16.5. The molecular formula is C31H36N2O7. The Morgan fingerprint density at radius 3 is 2.27 bits per heavy atom. The number of aromatic hydroxyl groups is 1. The molecule has 0 aliphatic carbocycles. The van der Waals surface area contributed by atoms with Gasteiger partial charge in [0.15, 0.2) is 5.76 Å². The molecule has 4 rings (SSSR count). The van der Waals surface area contributed by atoms with E-state index >= 15 is 0 Å². The third-order valence-corrected chi connectivity index (χ3v) is 6.87. The lowest BCUT2D eigenvalue weighted by Gasteiger charge is -2.36. The fraction of sp³-hybridized carbons (Fsp3) is 0.355. The van der Waals surface area contributed by atoms with Gasteiger partial charge < -0.3 is 28.6 Å². The molecule has 2 aromatic carbocycles. The van der Waals surface area contributed by atoms with Crippen molar-refractivity contribution in [2.75, 3.05) is 51.9 Å². The summed E-state index contributed by atoms with van der Waals surface area (Å²) in [7, 11) is 2.95. The molecule has 0 bridgehead atoms. The van der Waals surface area contributed by atoms with E-state index < -0.39 is 23.1 Å². The summed E-state index contributed by atoms with van der Waals surface area (Å²) >= 11 is 0. The number of hydrogen-bond donors (Lipinski definition) is 1. The van der Waals surface area contributed by atoms with E-state index in [4.69, 9.17) is 18.6 Å². The van der Waals surface area contributed by atoms with Crippen LogP contribution >= 0.6 is 0 Å².